The van der Waals surface area contributed by atoms with Crippen LogP contribution in [0.5, 0.6) is 0 Å². The summed E-state index contributed by atoms with van der Waals surface area (Å²) in [6.45, 7) is 2.69. The van der Waals surface area contributed by atoms with Crippen molar-refractivity contribution in [2.24, 2.45) is 0 Å². The highest BCUT2D eigenvalue weighted by atomic mass is 79.9. The van der Waals surface area contributed by atoms with Crippen molar-refractivity contribution in [2.45, 2.75) is 13.5 Å². The van der Waals surface area contributed by atoms with Crippen LogP contribution in [0, 0.1) is 0 Å². The van der Waals surface area contributed by atoms with Gasteiger partial charge in [-0.1, -0.05) is 0 Å². The molecule has 0 saturated heterocycles. The van der Waals surface area contributed by atoms with Gasteiger partial charge in [-0.3, -0.25) is 4.79 Å². The maximum absolute atomic E-state index is 11.7. The number of hydrogen-bond acceptors (Lipinski definition) is 2. The molecule has 68 valence electrons. The molecule has 0 spiro atoms. The zero-order valence-corrected chi connectivity index (χ0v) is 9.48. The molecule has 0 atom stereocenters. The number of thiophene rings is 1. The number of aromatic nitrogens is 1. The monoisotopic (exact) mass is 257 g/mol. The Balaban J connectivity index is 2.86. The van der Waals surface area contributed by atoms with Crippen molar-refractivity contribution in [3.05, 3.63) is 32.5 Å². The maximum atomic E-state index is 11.7. The molecule has 2 heterocycles. The van der Waals surface area contributed by atoms with Crippen molar-refractivity contribution in [2.75, 3.05) is 0 Å². The number of pyridine rings is 1. The minimum Gasteiger partial charge on any atom is -0.315 e. The van der Waals surface area contributed by atoms with E-state index in [0.29, 0.717) is 0 Å². The van der Waals surface area contributed by atoms with Gasteiger partial charge in [0.25, 0.3) is 5.56 Å². The Labute approximate surface area is 87.9 Å². The molecule has 0 radical (unpaired) electrons. The molecule has 0 bridgehead atoms. The number of fused-ring (bicyclic) bond motifs is 1. The van der Waals surface area contributed by atoms with Crippen LogP contribution in [0.3, 0.4) is 0 Å². The lowest BCUT2D eigenvalue weighted by Crippen LogP contribution is -2.17. The van der Waals surface area contributed by atoms with Crippen LogP contribution < -0.4 is 5.56 Å². The summed E-state index contributed by atoms with van der Waals surface area (Å²) in [4.78, 5) is 11.7. The highest BCUT2D eigenvalue weighted by Gasteiger charge is 2.04. The molecule has 0 aromatic carbocycles. The smallest absolute Gasteiger partial charge is 0.259 e. The molecule has 0 aliphatic heterocycles. The Bertz CT molecular complexity index is 500. The molecule has 0 unspecified atom stereocenters. The summed E-state index contributed by atoms with van der Waals surface area (Å²) in [6.07, 6.45) is 1.84. The topological polar surface area (TPSA) is 22.0 Å². The van der Waals surface area contributed by atoms with Gasteiger partial charge in [-0.25, -0.2) is 0 Å². The minimum absolute atomic E-state index is 0.0990. The molecule has 0 saturated carbocycles. The number of hydrogen-bond donors (Lipinski definition) is 0. The SMILES string of the molecule is CCn1ccc2sc(Br)cc2c1=O. The average molecular weight is 258 g/mol. The second-order valence-electron chi connectivity index (χ2n) is 2.74. The third-order valence-electron chi connectivity index (χ3n) is 1.97. The van der Waals surface area contributed by atoms with Crippen LogP contribution >= 0.6 is 27.3 Å². The zero-order chi connectivity index (χ0) is 9.42. The van der Waals surface area contributed by atoms with Gasteiger partial charge in [-0.2, -0.15) is 0 Å². The van der Waals surface area contributed by atoms with Crippen LogP contribution in [0.1, 0.15) is 6.92 Å². The third-order valence-corrected chi connectivity index (χ3v) is 3.57. The van der Waals surface area contributed by atoms with E-state index < -0.39 is 0 Å². The molecular formula is C9H8BrNOS. The molecule has 2 aromatic heterocycles. The predicted molar refractivity (Wildman–Crippen MR) is 59.5 cm³/mol. The van der Waals surface area contributed by atoms with Gasteiger partial charge in [0.1, 0.15) is 0 Å². The minimum atomic E-state index is 0.0990. The van der Waals surface area contributed by atoms with Gasteiger partial charge in [0, 0.05) is 17.4 Å². The van der Waals surface area contributed by atoms with Gasteiger partial charge >= 0.3 is 0 Å². The van der Waals surface area contributed by atoms with Crippen molar-refractivity contribution in [3.8, 4) is 0 Å². The molecule has 13 heavy (non-hydrogen) atoms. The van der Waals surface area contributed by atoms with E-state index in [1.807, 2.05) is 25.3 Å². The molecule has 2 rings (SSSR count). The largest absolute Gasteiger partial charge is 0.315 e. The first kappa shape index (κ1) is 8.97. The number of aryl methyl sites for hydroxylation is 1. The summed E-state index contributed by atoms with van der Waals surface area (Å²) < 4.78 is 3.76. The van der Waals surface area contributed by atoms with Crippen molar-refractivity contribution in [3.63, 3.8) is 0 Å². The fourth-order valence-corrected chi connectivity index (χ4v) is 2.82. The van der Waals surface area contributed by atoms with Gasteiger partial charge in [0.2, 0.25) is 0 Å². The Morgan fingerprint density at radius 1 is 1.62 bits per heavy atom. The highest BCUT2D eigenvalue weighted by Crippen LogP contribution is 2.26. The van der Waals surface area contributed by atoms with E-state index in [1.165, 1.54) is 0 Å². The van der Waals surface area contributed by atoms with Crippen molar-refractivity contribution in [1.82, 2.24) is 4.57 Å². The van der Waals surface area contributed by atoms with Crippen LogP contribution in [0.2, 0.25) is 0 Å². The van der Waals surface area contributed by atoms with Crippen LogP contribution in [-0.2, 0) is 6.54 Å². The Kier molecular flexibility index (Phi) is 2.26. The summed E-state index contributed by atoms with van der Waals surface area (Å²) in [6, 6.07) is 3.87. The second kappa shape index (κ2) is 3.27. The number of rotatable bonds is 1. The Hall–Kier alpha value is -0.610. The molecule has 4 heteroatoms. The van der Waals surface area contributed by atoms with Crippen LogP contribution in [0.25, 0.3) is 10.1 Å². The van der Waals surface area contributed by atoms with Crippen molar-refractivity contribution < 1.29 is 0 Å². The van der Waals surface area contributed by atoms with Crippen LogP contribution in [0.4, 0.5) is 0 Å². The van der Waals surface area contributed by atoms with Crippen molar-refractivity contribution >= 4 is 37.4 Å². The molecular weight excluding hydrogens is 250 g/mol. The van der Waals surface area contributed by atoms with Gasteiger partial charge in [-0.15, -0.1) is 11.3 Å². The molecule has 0 aliphatic carbocycles. The number of halogens is 1. The van der Waals surface area contributed by atoms with E-state index in [1.54, 1.807) is 15.9 Å². The molecule has 0 fully saturated rings. The summed E-state index contributed by atoms with van der Waals surface area (Å²) in [5, 5.41) is 0.807. The fraction of sp³-hybridized carbons (Fsp3) is 0.222. The average Bonchev–Trinajstić information content (AvgIpc) is 2.47. The quantitative estimate of drug-likeness (QED) is 0.770. The lowest BCUT2D eigenvalue weighted by atomic mass is 10.3. The maximum Gasteiger partial charge on any atom is 0.259 e. The van der Waals surface area contributed by atoms with Crippen LogP contribution in [0.15, 0.2) is 26.9 Å². The van der Waals surface area contributed by atoms with Gasteiger partial charge in [0.15, 0.2) is 0 Å². The van der Waals surface area contributed by atoms with E-state index >= 15 is 0 Å². The number of nitrogens with zero attached hydrogens (tertiary/aromatic N) is 1. The van der Waals surface area contributed by atoms with E-state index in [2.05, 4.69) is 15.9 Å². The zero-order valence-electron chi connectivity index (χ0n) is 7.08. The predicted octanol–water partition coefficient (Wildman–Crippen LogP) is 2.85. The molecule has 2 aromatic rings. The third kappa shape index (κ3) is 1.44. The van der Waals surface area contributed by atoms with E-state index in [-0.39, 0.29) is 5.56 Å². The summed E-state index contributed by atoms with van der Waals surface area (Å²) >= 11 is 4.96. The van der Waals surface area contributed by atoms with E-state index in [0.717, 1.165) is 20.4 Å². The summed E-state index contributed by atoms with van der Waals surface area (Å²) in [5.74, 6) is 0. The molecule has 2 nitrogen and oxygen atoms in total. The molecule has 0 amide bonds. The Morgan fingerprint density at radius 2 is 2.38 bits per heavy atom. The molecule has 0 N–H and O–H groups in total. The second-order valence-corrected chi connectivity index (χ2v) is 5.20. The normalized spacial score (nSPS) is 10.9. The first-order valence-corrected chi connectivity index (χ1v) is 5.62. The first-order chi connectivity index (χ1) is 6.22. The van der Waals surface area contributed by atoms with Gasteiger partial charge in [-0.05, 0) is 35.0 Å². The van der Waals surface area contributed by atoms with Crippen molar-refractivity contribution in [1.29, 1.82) is 0 Å². The lowest BCUT2D eigenvalue weighted by molar-refractivity contribution is 0.735. The van der Waals surface area contributed by atoms with E-state index in [4.69, 9.17) is 0 Å². The first-order valence-electron chi connectivity index (χ1n) is 4.01. The summed E-state index contributed by atoms with van der Waals surface area (Å²) in [7, 11) is 0. The fourth-order valence-electron chi connectivity index (χ4n) is 1.29. The van der Waals surface area contributed by atoms with Crippen LogP contribution in [-0.4, -0.2) is 4.57 Å². The van der Waals surface area contributed by atoms with E-state index in [9.17, 15) is 4.79 Å². The lowest BCUT2D eigenvalue weighted by Gasteiger charge is -1.99. The van der Waals surface area contributed by atoms with Gasteiger partial charge in [0.05, 0.1) is 9.17 Å². The standard InChI is InChI=1S/C9H8BrNOS/c1-2-11-4-3-7-6(9(11)12)5-8(10)13-7/h3-5H,2H2,1H3. The summed E-state index contributed by atoms with van der Waals surface area (Å²) in [5.41, 5.74) is 0.0990. The highest BCUT2D eigenvalue weighted by molar-refractivity contribution is 9.11. The Morgan fingerprint density at radius 3 is 3.08 bits per heavy atom. The van der Waals surface area contributed by atoms with Gasteiger partial charge < -0.3 is 4.57 Å². The molecule has 0 aliphatic rings.